The molecule has 1 N–H and O–H groups in total. The molecule has 0 unspecified atom stereocenters. The van der Waals surface area contributed by atoms with Gasteiger partial charge in [0, 0.05) is 25.0 Å². The predicted octanol–water partition coefficient (Wildman–Crippen LogP) is 4.13. The number of carboxylic acid groups (broad SMARTS) is 1. The van der Waals surface area contributed by atoms with E-state index in [9.17, 15) is 4.79 Å². The van der Waals surface area contributed by atoms with Crippen molar-refractivity contribution in [3.8, 4) is 0 Å². The highest BCUT2D eigenvalue weighted by Gasteiger charge is 2.13. The molecule has 0 spiro atoms. The van der Waals surface area contributed by atoms with Crippen molar-refractivity contribution in [1.82, 2.24) is 9.55 Å². The number of carbonyl (C=O) groups is 1. The minimum Gasteiger partial charge on any atom is -0.478 e. The number of carboxylic acids is 1. The largest absolute Gasteiger partial charge is 0.478 e. The average molecular weight is 312 g/mol. The van der Waals surface area contributed by atoms with Crippen LogP contribution in [0, 0.1) is 0 Å². The van der Waals surface area contributed by atoms with Gasteiger partial charge in [0.05, 0.1) is 6.33 Å². The Bertz CT molecular complexity index is 662. The zero-order chi connectivity index (χ0) is 16.9. The number of aryl methyl sites for hydroxylation is 1. The third-order valence-corrected chi connectivity index (χ3v) is 3.84. The lowest BCUT2D eigenvalue weighted by Gasteiger charge is -2.19. The van der Waals surface area contributed by atoms with Crippen molar-refractivity contribution in [2.45, 2.75) is 45.6 Å². The Hall–Kier alpha value is -2.36. The highest BCUT2D eigenvalue weighted by atomic mass is 16.4. The third-order valence-electron chi connectivity index (χ3n) is 3.84. The number of hydrogen-bond acceptors (Lipinski definition) is 2. The van der Waals surface area contributed by atoms with E-state index >= 15 is 0 Å². The summed E-state index contributed by atoms with van der Waals surface area (Å²) in [5, 5.41) is 9.12. The molecule has 0 aliphatic rings. The Morgan fingerprint density at radius 1 is 1.26 bits per heavy atom. The Kier molecular flexibility index (Phi) is 5.37. The molecule has 1 aromatic carbocycles. The number of rotatable bonds is 6. The fourth-order valence-corrected chi connectivity index (χ4v) is 2.50. The molecule has 23 heavy (non-hydrogen) atoms. The van der Waals surface area contributed by atoms with Crippen LogP contribution in [0.5, 0.6) is 0 Å². The summed E-state index contributed by atoms with van der Waals surface area (Å²) in [5.74, 6) is -0.900. The van der Waals surface area contributed by atoms with Crippen LogP contribution in [0.4, 0.5) is 0 Å². The van der Waals surface area contributed by atoms with E-state index in [2.05, 4.69) is 37.9 Å². The molecule has 122 valence electrons. The van der Waals surface area contributed by atoms with Gasteiger partial charge in [0.1, 0.15) is 0 Å². The van der Waals surface area contributed by atoms with Crippen molar-refractivity contribution in [3.63, 3.8) is 0 Å². The molecular formula is C19H24N2O2. The number of nitrogens with zero attached hydrogens (tertiary/aromatic N) is 2. The molecule has 0 radical (unpaired) electrons. The van der Waals surface area contributed by atoms with Crippen molar-refractivity contribution in [2.24, 2.45) is 0 Å². The molecule has 1 heterocycles. The summed E-state index contributed by atoms with van der Waals surface area (Å²) in [6.07, 6.45) is 8.35. The molecular weight excluding hydrogens is 288 g/mol. The number of aliphatic carboxylic acids is 1. The van der Waals surface area contributed by atoms with Gasteiger partial charge in [-0.15, -0.1) is 0 Å². The Labute approximate surface area is 137 Å². The molecule has 0 saturated carbocycles. The molecule has 2 rings (SSSR count). The molecule has 2 aromatic rings. The number of aromatic nitrogens is 2. The summed E-state index contributed by atoms with van der Waals surface area (Å²) in [7, 11) is 0. The summed E-state index contributed by atoms with van der Waals surface area (Å²) in [6, 6.07) is 8.21. The number of allylic oxidation sites excluding steroid dienone is 1. The smallest absolute Gasteiger partial charge is 0.328 e. The van der Waals surface area contributed by atoms with E-state index in [1.54, 1.807) is 12.5 Å². The molecule has 4 heteroatoms. The molecule has 0 amide bonds. The van der Waals surface area contributed by atoms with E-state index in [-0.39, 0.29) is 5.41 Å². The quantitative estimate of drug-likeness (QED) is 0.816. The molecule has 0 aliphatic carbocycles. The summed E-state index contributed by atoms with van der Waals surface area (Å²) < 4.78 is 2.00. The monoisotopic (exact) mass is 312 g/mol. The van der Waals surface area contributed by atoms with Crippen molar-refractivity contribution < 1.29 is 9.90 Å². The zero-order valence-corrected chi connectivity index (χ0v) is 14.0. The predicted molar refractivity (Wildman–Crippen MR) is 92.2 cm³/mol. The van der Waals surface area contributed by atoms with Gasteiger partial charge in [0.25, 0.3) is 0 Å². The number of benzene rings is 1. The average Bonchev–Trinajstić information content (AvgIpc) is 2.98. The standard InChI is InChI=1S/C19H24N2O2/c1-19(2,3)17-8-6-15(7-9-17)16(13-18(22)23)5-4-11-21-12-10-20-14-21/h6-10,12-14H,4-5,11H2,1-3H3,(H,22,23)/b16-13+. The van der Waals surface area contributed by atoms with Crippen LogP contribution < -0.4 is 0 Å². The summed E-state index contributed by atoms with van der Waals surface area (Å²) in [4.78, 5) is 15.1. The Morgan fingerprint density at radius 2 is 1.96 bits per heavy atom. The van der Waals surface area contributed by atoms with Crippen LogP contribution in [0.25, 0.3) is 5.57 Å². The lowest BCUT2D eigenvalue weighted by atomic mass is 9.86. The maximum absolute atomic E-state index is 11.1. The van der Waals surface area contributed by atoms with Gasteiger partial charge >= 0.3 is 5.97 Å². The first kappa shape index (κ1) is 17.0. The van der Waals surface area contributed by atoms with E-state index in [0.717, 1.165) is 30.5 Å². The number of imidazole rings is 1. The van der Waals surface area contributed by atoms with Crippen LogP contribution in [-0.2, 0) is 16.8 Å². The minimum atomic E-state index is -0.900. The van der Waals surface area contributed by atoms with Crippen LogP contribution in [0.2, 0.25) is 0 Å². The van der Waals surface area contributed by atoms with Crippen LogP contribution in [-0.4, -0.2) is 20.6 Å². The molecule has 0 atom stereocenters. The van der Waals surface area contributed by atoms with Gasteiger partial charge in [0.2, 0.25) is 0 Å². The topological polar surface area (TPSA) is 55.1 Å². The van der Waals surface area contributed by atoms with Gasteiger partial charge in [-0.3, -0.25) is 0 Å². The van der Waals surface area contributed by atoms with Crippen LogP contribution in [0.3, 0.4) is 0 Å². The highest BCUT2D eigenvalue weighted by molar-refractivity contribution is 5.90. The summed E-state index contributed by atoms with van der Waals surface area (Å²) in [5.41, 5.74) is 3.18. The normalized spacial score (nSPS) is 12.4. The molecule has 0 fully saturated rings. The van der Waals surface area contributed by atoms with Crippen LogP contribution in [0.15, 0.2) is 49.1 Å². The van der Waals surface area contributed by atoms with Crippen LogP contribution in [0.1, 0.15) is 44.7 Å². The van der Waals surface area contributed by atoms with E-state index in [0.29, 0.717) is 0 Å². The molecule has 0 bridgehead atoms. The van der Waals surface area contributed by atoms with Crippen molar-refractivity contribution in [2.75, 3.05) is 0 Å². The van der Waals surface area contributed by atoms with E-state index in [4.69, 9.17) is 5.11 Å². The van der Waals surface area contributed by atoms with Crippen molar-refractivity contribution in [3.05, 3.63) is 60.2 Å². The van der Waals surface area contributed by atoms with Crippen molar-refractivity contribution >= 4 is 11.5 Å². The van der Waals surface area contributed by atoms with Gasteiger partial charge in [-0.05, 0) is 35.0 Å². The SMILES string of the molecule is CC(C)(C)c1ccc(/C(=C/C(=O)O)CCCn2ccnc2)cc1. The van der Waals surface area contributed by atoms with E-state index in [1.807, 2.05) is 22.9 Å². The van der Waals surface area contributed by atoms with Crippen molar-refractivity contribution in [1.29, 1.82) is 0 Å². The lowest BCUT2D eigenvalue weighted by molar-refractivity contribution is -0.131. The summed E-state index contributed by atoms with van der Waals surface area (Å²) in [6.45, 7) is 7.33. The highest BCUT2D eigenvalue weighted by Crippen LogP contribution is 2.26. The van der Waals surface area contributed by atoms with Crippen LogP contribution >= 0.6 is 0 Å². The minimum absolute atomic E-state index is 0.0939. The first-order chi connectivity index (χ1) is 10.9. The zero-order valence-electron chi connectivity index (χ0n) is 14.0. The first-order valence-corrected chi connectivity index (χ1v) is 7.86. The molecule has 4 nitrogen and oxygen atoms in total. The van der Waals surface area contributed by atoms with Gasteiger partial charge in [-0.25, -0.2) is 9.78 Å². The van der Waals surface area contributed by atoms with E-state index in [1.165, 1.54) is 11.6 Å². The summed E-state index contributed by atoms with van der Waals surface area (Å²) >= 11 is 0. The molecule has 1 aromatic heterocycles. The molecule has 0 aliphatic heterocycles. The first-order valence-electron chi connectivity index (χ1n) is 7.86. The third kappa shape index (κ3) is 5.09. The second-order valence-corrected chi connectivity index (χ2v) is 6.74. The Morgan fingerprint density at radius 3 is 2.48 bits per heavy atom. The second-order valence-electron chi connectivity index (χ2n) is 6.74. The van der Waals surface area contributed by atoms with Gasteiger partial charge < -0.3 is 9.67 Å². The van der Waals surface area contributed by atoms with E-state index < -0.39 is 5.97 Å². The van der Waals surface area contributed by atoms with Gasteiger partial charge in [0.15, 0.2) is 0 Å². The van der Waals surface area contributed by atoms with Gasteiger partial charge in [-0.1, -0.05) is 45.0 Å². The Balaban J connectivity index is 2.10. The fraction of sp³-hybridized carbons (Fsp3) is 0.368. The van der Waals surface area contributed by atoms with Gasteiger partial charge in [-0.2, -0.15) is 0 Å². The fourth-order valence-electron chi connectivity index (χ4n) is 2.50. The maximum Gasteiger partial charge on any atom is 0.328 e. The lowest BCUT2D eigenvalue weighted by Crippen LogP contribution is -2.10. The maximum atomic E-state index is 11.1. The molecule has 0 saturated heterocycles. The second kappa shape index (κ2) is 7.27. The number of hydrogen-bond donors (Lipinski definition) is 1.